The highest BCUT2D eigenvalue weighted by Gasteiger charge is 2.18. The van der Waals surface area contributed by atoms with Gasteiger partial charge in [0.05, 0.1) is 0 Å². The minimum atomic E-state index is -0.0193. The summed E-state index contributed by atoms with van der Waals surface area (Å²) >= 11 is 0. The summed E-state index contributed by atoms with van der Waals surface area (Å²) in [5, 5.41) is 13.2. The van der Waals surface area contributed by atoms with Gasteiger partial charge in [0, 0.05) is 30.8 Å². The molecule has 1 aliphatic heterocycles. The lowest BCUT2D eigenvalue weighted by atomic mass is 10.0. The van der Waals surface area contributed by atoms with E-state index >= 15 is 0 Å². The lowest BCUT2D eigenvalue weighted by Crippen LogP contribution is -2.38. The second-order valence-electron chi connectivity index (χ2n) is 5.61. The third-order valence-electron chi connectivity index (χ3n) is 4.11. The summed E-state index contributed by atoms with van der Waals surface area (Å²) in [5.74, 6) is 0.160. The van der Waals surface area contributed by atoms with Crippen molar-refractivity contribution < 1.29 is 9.90 Å². The Morgan fingerprint density at radius 2 is 2.25 bits per heavy atom. The highest BCUT2D eigenvalue weighted by atomic mass is 16.3. The van der Waals surface area contributed by atoms with Gasteiger partial charge in [-0.1, -0.05) is 12.5 Å². The third-order valence-corrected chi connectivity index (χ3v) is 4.11. The van der Waals surface area contributed by atoms with Crippen molar-refractivity contribution in [3.05, 3.63) is 29.3 Å². The van der Waals surface area contributed by atoms with Gasteiger partial charge in [-0.2, -0.15) is 0 Å². The zero-order chi connectivity index (χ0) is 14.5. The van der Waals surface area contributed by atoms with Gasteiger partial charge < -0.3 is 15.3 Å². The van der Waals surface area contributed by atoms with Crippen molar-refractivity contribution in [2.45, 2.75) is 38.6 Å². The number of aromatic hydroxyl groups is 1. The molecule has 1 heterocycles. The molecule has 1 atom stereocenters. The monoisotopic (exact) mass is 276 g/mol. The molecule has 0 bridgehead atoms. The molecule has 0 spiro atoms. The summed E-state index contributed by atoms with van der Waals surface area (Å²) in [7, 11) is 1.83. The topological polar surface area (TPSA) is 52.6 Å². The van der Waals surface area contributed by atoms with Crippen LogP contribution in [0.1, 0.15) is 41.6 Å². The van der Waals surface area contributed by atoms with E-state index in [1.54, 1.807) is 30.0 Å². The second kappa shape index (κ2) is 6.75. The van der Waals surface area contributed by atoms with Crippen LogP contribution in [0.2, 0.25) is 0 Å². The van der Waals surface area contributed by atoms with Crippen LogP contribution in [-0.2, 0) is 0 Å². The molecule has 1 saturated heterocycles. The van der Waals surface area contributed by atoms with E-state index in [0.29, 0.717) is 17.2 Å². The number of amides is 1. The Morgan fingerprint density at radius 1 is 1.45 bits per heavy atom. The van der Waals surface area contributed by atoms with Crippen molar-refractivity contribution in [3.63, 3.8) is 0 Å². The number of phenolic OH excluding ortho intramolecular Hbond substituents is 1. The lowest BCUT2D eigenvalue weighted by molar-refractivity contribution is 0.0787. The molecule has 4 nitrogen and oxygen atoms in total. The maximum Gasteiger partial charge on any atom is 0.254 e. The highest BCUT2D eigenvalue weighted by molar-refractivity contribution is 5.96. The highest BCUT2D eigenvalue weighted by Crippen LogP contribution is 2.21. The van der Waals surface area contributed by atoms with Crippen molar-refractivity contribution in [3.8, 4) is 5.75 Å². The molecule has 1 aromatic carbocycles. The number of piperidine rings is 1. The summed E-state index contributed by atoms with van der Waals surface area (Å²) in [6, 6.07) is 5.63. The van der Waals surface area contributed by atoms with Gasteiger partial charge in [-0.05, 0) is 44.9 Å². The van der Waals surface area contributed by atoms with Crippen molar-refractivity contribution >= 4 is 5.91 Å². The minimum Gasteiger partial charge on any atom is -0.508 e. The van der Waals surface area contributed by atoms with E-state index in [1.165, 1.54) is 19.3 Å². The number of benzene rings is 1. The predicted octanol–water partition coefficient (Wildman–Crippen LogP) is 2.30. The van der Waals surface area contributed by atoms with Gasteiger partial charge in [-0.3, -0.25) is 4.79 Å². The average Bonchev–Trinajstić information content (AvgIpc) is 2.48. The Hall–Kier alpha value is -1.55. The van der Waals surface area contributed by atoms with Gasteiger partial charge in [0.2, 0.25) is 0 Å². The van der Waals surface area contributed by atoms with Crippen LogP contribution in [0.4, 0.5) is 0 Å². The first kappa shape index (κ1) is 14.9. The predicted molar refractivity (Wildman–Crippen MR) is 80.1 cm³/mol. The van der Waals surface area contributed by atoms with E-state index in [-0.39, 0.29) is 11.7 Å². The molecule has 0 saturated carbocycles. The standard InChI is InChI=1S/C16H24N2O2/c1-12-14(7-5-8-15(12)19)16(20)18(2)11-9-13-6-3-4-10-17-13/h5,7-8,13,17,19H,3-4,6,9-11H2,1-2H3. The Morgan fingerprint density at radius 3 is 2.95 bits per heavy atom. The molecular weight excluding hydrogens is 252 g/mol. The number of hydrogen-bond donors (Lipinski definition) is 2. The Kier molecular flexibility index (Phi) is 5.01. The maximum absolute atomic E-state index is 12.4. The Balaban J connectivity index is 1.92. The molecule has 1 unspecified atom stereocenters. The van der Waals surface area contributed by atoms with Gasteiger partial charge in [0.15, 0.2) is 0 Å². The molecule has 0 aliphatic carbocycles. The number of nitrogens with zero attached hydrogens (tertiary/aromatic N) is 1. The number of carbonyl (C=O) groups is 1. The van der Waals surface area contributed by atoms with Gasteiger partial charge in [0.25, 0.3) is 5.91 Å². The fraction of sp³-hybridized carbons (Fsp3) is 0.562. The SMILES string of the molecule is Cc1c(O)cccc1C(=O)N(C)CCC1CCCCN1. The van der Waals surface area contributed by atoms with Crippen LogP contribution < -0.4 is 5.32 Å². The number of nitrogens with one attached hydrogen (secondary N) is 1. The zero-order valence-corrected chi connectivity index (χ0v) is 12.4. The fourth-order valence-electron chi connectivity index (χ4n) is 2.68. The normalized spacial score (nSPS) is 18.8. The molecule has 0 aromatic heterocycles. The summed E-state index contributed by atoms with van der Waals surface area (Å²) < 4.78 is 0. The van der Waals surface area contributed by atoms with E-state index in [1.807, 2.05) is 7.05 Å². The first-order valence-corrected chi connectivity index (χ1v) is 7.37. The fourth-order valence-corrected chi connectivity index (χ4v) is 2.68. The molecule has 4 heteroatoms. The van der Waals surface area contributed by atoms with Crippen LogP contribution >= 0.6 is 0 Å². The van der Waals surface area contributed by atoms with Crippen molar-refractivity contribution in [1.82, 2.24) is 10.2 Å². The summed E-state index contributed by atoms with van der Waals surface area (Å²) in [5.41, 5.74) is 1.24. The van der Waals surface area contributed by atoms with Gasteiger partial charge in [-0.15, -0.1) is 0 Å². The van der Waals surface area contributed by atoms with E-state index in [4.69, 9.17) is 0 Å². The van der Waals surface area contributed by atoms with E-state index in [0.717, 1.165) is 19.5 Å². The molecule has 20 heavy (non-hydrogen) atoms. The molecule has 0 radical (unpaired) electrons. The zero-order valence-electron chi connectivity index (χ0n) is 12.4. The number of phenols is 1. The molecule has 2 N–H and O–H groups in total. The van der Waals surface area contributed by atoms with Gasteiger partial charge in [-0.25, -0.2) is 0 Å². The smallest absolute Gasteiger partial charge is 0.254 e. The second-order valence-corrected chi connectivity index (χ2v) is 5.61. The minimum absolute atomic E-state index is 0.0193. The molecule has 1 aliphatic rings. The van der Waals surface area contributed by atoms with Crippen LogP contribution in [0, 0.1) is 6.92 Å². The Bertz CT molecular complexity index is 468. The molecule has 2 rings (SSSR count). The van der Waals surface area contributed by atoms with E-state index in [9.17, 15) is 9.90 Å². The van der Waals surface area contributed by atoms with Crippen LogP contribution in [-0.4, -0.2) is 42.1 Å². The summed E-state index contributed by atoms with van der Waals surface area (Å²) in [6.07, 6.45) is 4.72. The number of rotatable bonds is 4. The Labute approximate surface area is 120 Å². The molecular formula is C16H24N2O2. The van der Waals surface area contributed by atoms with Crippen molar-refractivity contribution in [2.75, 3.05) is 20.1 Å². The lowest BCUT2D eigenvalue weighted by Gasteiger charge is -2.26. The molecule has 1 amide bonds. The van der Waals surface area contributed by atoms with Crippen LogP contribution in [0.25, 0.3) is 0 Å². The maximum atomic E-state index is 12.4. The summed E-state index contributed by atoms with van der Waals surface area (Å²) in [4.78, 5) is 14.1. The van der Waals surface area contributed by atoms with E-state index < -0.39 is 0 Å². The average molecular weight is 276 g/mol. The van der Waals surface area contributed by atoms with Gasteiger partial charge in [0.1, 0.15) is 5.75 Å². The van der Waals surface area contributed by atoms with Crippen LogP contribution in [0.15, 0.2) is 18.2 Å². The summed E-state index contributed by atoms with van der Waals surface area (Å²) in [6.45, 7) is 3.61. The largest absolute Gasteiger partial charge is 0.508 e. The van der Waals surface area contributed by atoms with Crippen molar-refractivity contribution in [2.24, 2.45) is 0 Å². The number of carbonyl (C=O) groups excluding carboxylic acids is 1. The van der Waals surface area contributed by atoms with Gasteiger partial charge >= 0.3 is 0 Å². The first-order chi connectivity index (χ1) is 9.59. The van der Waals surface area contributed by atoms with Crippen LogP contribution in [0.5, 0.6) is 5.75 Å². The number of hydrogen-bond acceptors (Lipinski definition) is 3. The third kappa shape index (κ3) is 3.51. The molecule has 1 fully saturated rings. The van der Waals surface area contributed by atoms with Crippen molar-refractivity contribution in [1.29, 1.82) is 0 Å². The first-order valence-electron chi connectivity index (χ1n) is 7.37. The van der Waals surface area contributed by atoms with Crippen LogP contribution in [0.3, 0.4) is 0 Å². The molecule has 1 aromatic rings. The quantitative estimate of drug-likeness (QED) is 0.887. The van der Waals surface area contributed by atoms with E-state index in [2.05, 4.69) is 5.32 Å². The molecule has 110 valence electrons.